The molecule has 1 aromatic carbocycles. The summed E-state index contributed by atoms with van der Waals surface area (Å²) in [6.45, 7) is 7.74. The summed E-state index contributed by atoms with van der Waals surface area (Å²) in [5, 5.41) is 16.2. The number of aromatic nitrogens is 3. The Balaban J connectivity index is 1.42. The summed E-state index contributed by atoms with van der Waals surface area (Å²) in [7, 11) is 0. The lowest BCUT2D eigenvalue weighted by atomic mass is 9.99. The summed E-state index contributed by atoms with van der Waals surface area (Å²) in [6, 6.07) is 12.4. The van der Waals surface area contributed by atoms with Gasteiger partial charge in [0.1, 0.15) is 0 Å². The molecule has 2 aromatic heterocycles. The molecule has 0 saturated carbocycles. The summed E-state index contributed by atoms with van der Waals surface area (Å²) in [5.74, 6) is 0.227. The highest BCUT2D eigenvalue weighted by molar-refractivity contribution is 5.78. The lowest BCUT2D eigenvalue weighted by molar-refractivity contribution is 0.140. The van der Waals surface area contributed by atoms with E-state index >= 15 is 0 Å². The Hall–Kier alpha value is -2.24. The molecule has 0 amide bonds. The minimum absolute atomic E-state index is 0.227. The molecular formula is C22H28N4O. The minimum Gasteiger partial charge on any atom is -0.391 e. The number of β-amino-alcohol motifs (C(OH)–C–C–N with tert-alkyl or cyclic N) is 1. The molecule has 5 nitrogen and oxygen atoms in total. The number of rotatable bonds is 6. The number of fused-ring (bicyclic) bond motifs is 1. The van der Waals surface area contributed by atoms with Gasteiger partial charge >= 0.3 is 0 Å². The van der Waals surface area contributed by atoms with Crippen molar-refractivity contribution in [2.45, 2.75) is 45.9 Å². The molecular weight excluding hydrogens is 336 g/mol. The Morgan fingerprint density at radius 2 is 2.00 bits per heavy atom. The third-order valence-corrected chi connectivity index (χ3v) is 5.64. The van der Waals surface area contributed by atoms with Gasteiger partial charge in [0, 0.05) is 54.4 Å². The highest BCUT2D eigenvalue weighted by atomic mass is 16.3. The number of aliphatic hydroxyl groups is 1. The van der Waals surface area contributed by atoms with Crippen LogP contribution >= 0.6 is 0 Å². The lowest BCUT2D eigenvalue weighted by Gasteiger charge is -2.15. The van der Waals surface area contributed by atoms with Crippen LogP contribution in [-0.2, 0) is 19.5 Å². The van der Waals surface area contributed by atoms with Crippen LogP contribution in [0.2, 0.25) is 0 Å². The molecule has 2 unspecified atom stereocenters. The fourth-order valence-corrected chi connectivity index (χ4v) is 4.08. The van der Waals surface area contributed by atoms with E-state index in [9.17, 15) is 5.11 Å². The topological polar surface area (TPSA) is 54.2 Å². The first-order valence-electron chi connectivity index (χ1n) is 9.90. The van der Waals surface area contributed by atoms with E-state index in [1.807, 2.05) is 24.4 Å². The highest BCUT2D eigenvalue weighted by Crippen LogP contribution is 2.24. The van der Waals surface area contributed by atoms with Crippen LogP contribution in [0.1, 0.15) is 30.3 Å². The molecule has 0 spiro atoms. The van der Waals surface area contributed by atoms with Crippen LogP contribution in [0.4, 0.5) is 0 Å². The third-order valence-electron chi connectivity index (χ3n) is 5.64. The first-order chi connectivity index (χ1) is 13.1. The fourth-order valence-electron chi connectivity index (χ4n) is 4.08. The Morgan fingerprint density at radius 3 is 2.85 bits per heavy atom. The lowest BCUT2D eigenvalue weighted by Crippen LogP contribution is -2.21. The smallest absolute Gasteiger partial charge is 0.0711 e. The highest BCUT2D eigenvalue weighted by Gasteiger charge is 2.32. The zero-order chi connectivity index (χ0) is 18.8. The number of nitrogens with zero attached hydrogens (tertiary/aromatic N) is 4. The SMILES string of the molecule is CCCn1ncc(CN2CC(O)C(Cc3ccc4ccccc4n3)C2)c1C. The maximum Gasteiger partial charge on any atom is 0.0711 e. The van der Waals surface area contributed by atoms with E-state index in [0.717, 1.165) is 55.6 Å². The molecule has 5 heteroatoms. The van der Waals surface area contributed by atoms with Gasteiger partial charge in [0.25, 0.3) is 0 Å². The predicted molar refractivity (Wildman–Crippen MR) is 107 cm³/mol. The summed E-state index contributed by atoms with van der Waals surface area (Å²) in [5.41, 5.74) is 4.59. The van der Waals surface area contributed by atoms with Crippen molar-refractivity contribution in [3.8, 4) is 0 Å². The predicted octanol–water partition coefficient (Wildman–Crippen LogP) is 3.19. The van der Waals surface area contributed by atoms with Crippen molar-refractivity contribution >= 4 is 10.9 Å². The summed E-state index contributed by atoms with van der Waals surface area (Å²) in [6.07, 6.45) is 3.58. The van der Waals surface area contributed by atoms with Crippen molar-refractivity contribution in [2.24, 2.45) is 5.92 Å². The second kappa shape index (κ2) is 7.79. The monoisotopic (exact) mass is 364 g/mol. The van der Waals surface area contributed by atoms with Gasteiger partial charge in [0.05, 0.1) is 17.8 Å². The largest absolute Gasteiger partial charge is 0.391 e. The van der Waals surface area contributed by atoms with Gasteiger partial charge in [-0.2, -0.15) is 5.10 Å². The summed E-state index contributed by atoms with van der Waals surface area (Å²) in [4.78, 5) is 7.12. The van der Waals surface area contributed by atoms with Gasteiger partial charge < -0.3 is 5.11 Å². The van der Waals surface area contributed by atoms with Crippen LogP contribution in [0.15, 0.2) is 42.6 Å². The standard InChI is InChI=1S/C22H28N4O/c1-3-10-26-16(2)19(12-23-26)14-25-13-18(22(27)15-25)11-20-9-8-17-6-4-5-7-21(17)24-20/h4-9,12,18,22,27H,3,10-11,13-15H2,1-2H3. The fraction of sp³-hybridized carbons (Fsp3) is 0.455. The van der Waals surface area contributed by atoms with Crippen molar-refractivity contribution in [1.29, 1.82) is 0 Å². The Morgan fingerprint density at radius 1 is 1.15 bits per heavy atom. The van der Waals surface area contributed by atoms with Crippen LogP contribution in [0.5, 0.6) is 0 Å². The minimum atomic E-state index is -0.302. The number of para-hydroxylation sites is 1. The van der Waals surface area contributed by atoms with Gasteiger partial charge in [-0.25, -0.2) is 0 Å². The van der Waals surface area contributed by atoms with Gasteiger partial charge in [0.15, 0.2) is 0 Å². The van der Waals surface area contributed by atoms with Crippen molar-refractivity contribution < 1.29 is 5.11 Å². The summed E-state index contributed by atoms with van der Waals surface area (Å²) >= 11 is 0. The number of hydrogen-bond donors (Lipinski definition) is 1. The van der Waals surface area contributed by atoms with Gasteiger partial charge in [-0.05, 0) is 31.9 Å². The third kappa shape index (κ3) is 3.89. The van der Waals surface area contributed by atoms with Crippen molar-refractivity contribution in [2.75, 3.05) is 13.1 Å². The molecule has 0 bridgehead atoms. The molecule has 0 radical (unpaired) electrons. The van der Waals surface area contributed by atoms with Crippen molar-refractivity contribution in [1.82, 2.24) is 19.7 Å². The van der Waals surface area contributed by atoms with Crippen LogP contribution < -0.4 is 0 Å². The van der Waals surface area contributed by atoms with Crippen molar-refractivity contribution in [3.05, 3.63) is 59.5 Å². The maximum atomic E-state index is 10.6. The number of benzene rings is 1. The van der Waals surface area contributed by atoms with E-state index in [2.05, 4.69) is 46.7 Å². The molecule has 4 rings (SSSR count). The molecule has 3 heterocycles. The Kier molecular flexibility index (Phi) is 5.23. The normalized spacial score (nSPS) is 20.6. The average Bonchev–Trinajstić information content (AvgIpc) is 3.19. The second-order valence-corrected chi connectivity index (χ2v) is 7.70. The van der Waals surface area contributed by atoms with E-state index in [1.54, 1.807) is 0 Å². The van der Waals surface area contributed by atoms with E-state index in [0.29, 0.717) is 0 Å². The molecule has 1 N–H and O–H groups in total. The molecule has 3 aromatic rings. The van der Waals surface area contributed by atoms with Gasteiger partial charge in [-0.1, -0.05) is 31.2 Å². The molecule has 1 saturated heterocycles. The molecule has 142 valence electrons. The summed E-state index contributed by atoms with van der Waals surface area (Å²) < 4.78 is 2.08. The first kappa shape index (κ1) is 18.1. The maximum absolute atomic E-state index is 10.6. The number of aliphatic hydroxyl groups excluding tert-OH is 1. The molecule has 2 atom stereocenters. The van der Waals surface area contributed by atoms with Crippen LogP contribution in [0.25, 0.3) is 10.9 Å². The zero-order valence-corrected chi connectivity index (χ0v) is 16.2. The number of aryl methyl sites for hydroxylation is 1. The van der Waals surface area contributed by atoms with Crippen LogP contribution in [-0.4, -0.2) is 44.0 Å². The van der Waals surface area contributed by atoms with Gasteiger partial charge in [-0.15, -0.1) is 0 Å². The molecule has 1 fully saturated rings. The van der Waals surface area contributed by atoms with Gasteiger partial charge in [0.2, 0.25) is 0 Å². The van der Waals surface area contributed by atoms with Crippen LogP contribution in [0.3, 0.4) is 0 Å². The second-order valence-electron chi connectivity index (χ2n) is 7.70. The van der Waals surface area contributed by atoms with Crippen LogP contribution in [0, 0.1) is 12.8 Å². The van der Waals surface area contributed by atoms with E-state index in [-0.39, 0.29) is 12.0 Å². The molecule has 27 heavy (non-hydrogen) atoms. The Labute approximate surface area is 160 Å². The number of hydrogen-bond acceptors (Lipinski definition) is 4. The van der Waals surface area contributed by atoms with Crippen molar-refractivity contribution in [3.63, 3.8) is 0 Å². The van der Waals surface area contributed by atoms with E-state index in [1.165, 1.54) is 11.3 Å². The molecule has 0 aliphatic carbocycles. The average molecular weight is 364 g/mol. The molecule has 1 aliphatic heterocycles. The van der Waals surface area contributed by atoms with Gasteiger partial charge in [-0.3, -0.25) is 14.6 Å². The van der Waals surface area contributed by atoms with E-state index in [4.69, 9.17) is 4.98 Å². The van der Waals surface area contributed by atoms with E-state index < -0.39 is 0 Å². The zero-order valence-electron chi connectivity index (χ0n) is 16.2. The number of likely N-dealkylation sites (tertiary alicyclic amines) is 1. The quantitative estimate of drug-likeness (QED) is 0.730. The Bertz CT molecular complexity index is 920. The first-order valence-corrected chi connectivity index (χ1v) is 9.90. The number of pyridine rings is 1. The molecule has 1 aliphatic rings.